The molecular weight excluding hydrogens is 242 g/mol. The summed E-state index contributed by atoms with van der Waals surface area (Å²) in [6, 6.07) is 5.89. The smallest absolute Gasteiger partial charge is 0.320 e. The molecule has 1 N–H and O–H groups in total. The molecule has 2 aromatic heterocycles. The van der Waals surface area contributed by atoms with Gasteiger partial charge in [-0.2, -0.15) is 5.10 Å². The number of carbonyl (C=O) groups excluding carboxylic acids is 1. The van der Waals surface area contributed by atoms with E-state index in [1.807, 2.05) is 49.7 Å². The summed E-state index contributed by atoms with van der Waals surface area (Å²) in [5, 5.41) is 7.31. The normalized spacial score (nSPS) is 11.7. The molecule has 19 heavy (non-hydrogen) atoms. The first-order chi connectivity index (χ1) is 8.96. The number of esters is 1. The fourth-order valence-corrected chi connectivity index (χ4v) is 1.80. The third kappa shape index (κ3) is 3.79. The van der Waals surface area contributed by atoms with Gasteiger partial charge in [0.1, 0.15) is 5.60 Å². The molecule has 0 radical (unpaired) electrons. The minimum absolute atomic E-state index is 0.196. The van der Waals surface area contributed by atoms with Crippen molar-refractivity contribution in [2.45, 2.75) is 32.9 Å². The maximum atomic E-state index is 11.5. The number of hydrogen-bond acceptors (Lipinski definition) is 4. The van der Waals surface area contributed by atoms with Gasteiger partial charge in [0.2, 0.25) is 0 Å². The van der Waals surface area contributed by atoms with Crippen LogP contribution in [0.1, 0.15) is 26.3 Å². The van der Waals surface area contributed by atoms with E-state index in [4.69, 9.17) is 4.74 Å². The van der Waals surface area contributed by atoms with Crippen molar-refractivity contribution in [1.29, 1.82) is 0 Å². The lowest BCUT2D eigenvalue weighted by Crippen LogP contribution is -2.31. The van der Waals surface area contributed by atoms with Gasteiger partial charge in [-0.3, -0.25) is 4.79 Å². The molecule has 2 aromatic rings. The van der Waals surface area contributed by atoms with Crippen LogP contribution >= 0.6 is 0 Å². The van der Waals surface area contributed by atoms with Crippen LogP contribution in [0.15, 0.2) is 30.6 Å². The van der Waals surface area contributed by atoms with Gasteiger partial charge in [0.05, 0.1) is 18.3 Å². The molecular formula is C14H19N3O2. The fourth-order valence-electron chi connectivity index (χ4n) is 1.80. The van der Waals surface area contributed by atoms with Crippen LogP contribution in [0.25, 0.3) is 5.52 Å². The second-order valence-corrected chi connectivity index (χ2v) is 5.39. The Bertz CT molecular complexity index is 569. The summed E-state index contributed by atoms with van der Waals surface area (Å²) in [5.74, 6) is -0.246. The van der Waals surface area contributed by atoms with Crippen LogP contribution in [0.5, 0.6) is 0 Å². The van der Waals surface area contributed by atoms with Crippen molar-refractivity contribution < 1.29 is 9.53 Å². The van der Waals surface area contributed by atoms with E-state index in [9.17, 15) is 4.79 Å². The average molecular weight is 261 g/mol. The van der Waals surface area contributed by atoms with Gasteiger partial charge < -0.3 is 10.1 Å². The summed E-state index contributed by atoms with van der Waals surface area (Å²) >= 11 is 0. The van der Waals surface area contributed by atoms with Gasteiger partial charge in [0.15, 0.2) is 0 Å². The summed E-state index contributed by atoms with van der Waals surface area (Å²) in [5.41, 5.74) is 1.66. The molecule has 0 saturated heterocycles. The van der Waals surface area contributed by atoms with Crippen molar-refractivity contribution in [2.75, 3.05) is 6.54 Å². The Kier molecular flexibility index (Phi) is 3.85. The second kappa shape index (κ2) is 5.40. The molecule has 0 saturated carbocycles. The molecule has 102 valence electrons. The molecule has 2 rings (SSSR count). The monoisotopic (exact) mass is 261 g/mol. The predicted molar refractivity (Wildman–Crippen MR) is 72.7 cm³/mol. The number of hydrogen-bond donors (Lipinski definition) is 1. The Morgan fingerprint density at radius 3 is 2.95 bits per heavy atom. The van der Waals surface area contributed by atoms with E-state index in [2.05, 4.69) is 10.4 Å². The number of pyridine rings is 1. The molecule has 0 spiro atoms. The molecule has 0 atom stereocenters. The van der Waals surface area contributed by atoms with Gasteiger partial charge in [0, 0.05) is 18.3 Å². The number of aromatic nitrogens is 2. The second-order valence-electron chi connectivity index (χ2n) is 5.39. The molecule has 2 heterocycles. The summed E-state index contributed by atoms with van der Waals surface area (Å²) in [4.78, 5) is 11.5. The van der Waals surface area contributed by atoms with Crippen molar-refractivity contribution in [2.24, 2.45) is 0 Å². The standard InChI is InChI=1S/C14H19N3O2/c1-14(2,3)19-13(18)10-15-8-11-9-16-17-7-5-4-6-12(11)17/h4-7,9,15H,8,10H2,1-3H3. The minimum Gasteiger partial charge on any atom is -0.459 e. The van der Waals surface area contributed by atoms with Gasteiger partial charge in [-0.1, -0.05) is 6.07 Å². The summed E-state index contributed by atoms with van der Waals surface area (Å²) in [6.45, 7) is 6.36. The zero-order chi connectivity index (χ0) is 13.9. The molecule has 0 bridgehead atoms. The van der Waals surface area contributed by atoms with Crippen LogP contribution in [0.4, 0.5) is 0 Å². The van der Waals surface area contributed by atoms with Crippen LogP contribution in [0.3, 0.4) is 0 Å². The van der Waals surface area contributed by atoms with Crippen molar-refractivity contribution in [3.05, 3.63) is 36.2 Å². The summed E-state index contributed by atoms with van der Waals surface area (Å²) in [6.07, 6.45) is 3.70. The first-order valence-corrected chi connectivity index (χ1v) is 6.29. The van der Waals surface area contributed by atoms with E-state index in [1.54, 1.807) is 6.20 Å². The molecule has 0 aliphatic carbocycles. The molecule has 5 nitrogen and oxygen atoms in total. The van der Waals surface area contributed by atoms with Crippen molar-refractivity contribution in [3.63, 3.8) is 0 Å². The Morgan fingerprint density at radius 1 is 1.42 bits per heavy atom. The van der Waals surface area contributed by atoms with Gasteiger partial charge in [-0.05, 0) is 32.9 Å². The zero-order valence-electron chi connectivity index (χ0n) is 11.5. The lowest BCUT2D eigenvalue weighted by atomic mass is 10.2. The average Bonchev–Trinajstić information content (AvgIpc) is 2.70. The first kappa shape index (κ1) is 13.5. The number of rotatable bonds is 4. The Morgan fingerprint density at radius 2 is 2.21 bits per heavy atom. The van der Waals surface area contributed by atoms with Gasteiger partial charge >= 0.3 is 5.97 Å². The number of carbonyl (C=O) groups is 1. The van der Waals surface area contributed by atoms with Crippen LogP contribution in [0.2, 0.25) is 0 Å². The third-order valence-corrected chi connectivity index (χ3v) is 2.51. The summed E-state index contributed by atoms with van der Waals surface area (Å²) < 4.78 is 7.03. The zero-order valence-corrected chi connectivity index (χ0v) is 11.5. The lowest BCUT2D eigenvalue weighted by Gasteiger charge is -2.19. The highest BCUT2D eigenvalue weighted by atomic mass is 16.6. The van der Waals surface area contributed by atoms with Gasteiger partial charge in [0.25, 0.3) is 0 Å². The van der Waals surface area contributed by atoms with E-state index in [0.717, 1.165) is 11.1 Å². The molecule has 0 aliphatic rings. The maximum Gasteiger partial charge on any atom is 0.320 e. The fraction of sp³-hybridized carbons (Fsp3) is 0.429. The number of fused-ring (bicyclic) bond motifs is 1. The number of nitrogens with one attached hydrogen (secondary N) is 1. The van der Waals surface area contributed by atoms with Crippen LogP contribution in [0, 0.1) is 0 Å². The molecule has 0 aromatic carbocycles. The quantitative estimate of drug-likeness (QED) is 0.852. The Hall–Kier alpha value is -1.88. The van der Waals surface area contributed by atoms with Crippen molar-refractivity contribution >= 4 is 11.5 Å². The summed E-state index contributed by atoms with van der Waals surface area (Å²) in [7, 11) is 0. The molecule has 5 heteroatoms. The van der Waals surface area contributed by atoms with E-state index in [0.29, 0.717) is 6.54 Å². The van der Waals surface area contributed by atoms with Crippen LogP contribution in [-0.4, -0.2) is 27.7 Å². The maximum absolute atomic E-state index is 11.5. The molecule has 0 fully saturated rings. The predicted octanol–water partition coefficient (Wildman–Crippen LogP) is 1.77. The highest BCUT2D eigenvalue weighted by Crippen LogP contribution is 2.09. The van der Waals surface area contributed by atoms with Gasteiger partial charge in [-0.25, -0.2) is 4.52 Å². The van der Waals surface area contributed by atoms with E-state index >= 15 is 0 Å². The van der Waals surface area contributed by atoms with Crippen molar-refractivity contribution in [1.82, 2.24) is 14.9 Å². The number of ether oxygens (including phenoxy) is 1. The van der Waals surface area contributed by atoms with Gasteiger partial charge in [-0.15, -0.1) is 0 Å². The lowest BCUT2D eigenvalue weighted by molar-refractivity contribution is -0.153. The topological polar surface area (TPSA) is 55.6 Å². The van der Waals surface area contributed by atoms with E-state index < -0.39 is 5.60 Å². The molecule has 0 unspecified atom stereocenters. The number of nitrogens with zero attached hydrogens (tertiary/aromatic N) is 2. The van der Waals surface area contributed by atoms with Crippen molar-refractivity contribution in [3.8, 4) is 0 Å². The first-order valence-electron chi connectivity index (χ1n) is 6.29. The van der Waals surface area contributed by atoms with E-state index in [-0.39, 0.29) is 12.5 Å². The highest BCUT2D eigenvalue weighted by molar-refractivity contribution is 5.72. The third-order valence-electron chi connectivity index (χ3n) is 2.51. The highest BCUT2D eigenvalue weighted by Gasteiger charge is 2.15. The molecule has 0 amide bonds. The Balaban J connectivity index is 1.88. The molecule has 0 aliphatic heterocycles. The minimum atomic E-state index is -0.441. The SMILES string of the molecule is CC(C)(C)OC(=O)CNCc1cnn2ccccc12. The van der Waals surface area contributed by atoms with E-state index in [1.165, 1.54) is 0 Å². The van der Waals surface area contributed by atoms with Crippen LogP contribution < -0.4 is 5.32 Å². The largest absolute Gasteiger partial charge is 0.459 e. The Labute approximate surface area is 112 Å². The van der Waals surface area contributed by atoms with Crippen LogP contribution in [-0.2, 0) is 16.1 Å².